The van der Waals surface area contributed by atoms with Crippen LogP contribution in [-0.2, 0) is 0 Å². The fourth-order valence-corrected chi connectivity index (χ4v) is 0.754. The number of aliphatic imine (C=N–C) groups is 1. The van der Waals surface area contributed by atoms with Gasteiger partial charge >= 0.3 is 0 Å². The van der Waals surface area contributed by atoms with Crippen molar-refractivity contribution in [2.24, 2.45) is 10.1 Å². The second-order valence-electron chi connectivity index (χ2n) is 1.72. The first kappa shape index (κ1) is 3.83. The second kappa shape index (κ2) is 1.18. The summed E-state index contributed by atoms with van der Waals surface area (Å²) >= 11 is 0. The van der Waals surface area contributed by atoms with E-state index in [1.807, 2.05) is 0 Å². The number of nitrogens with zero attached hydrogens (tertiary/aromatic N) is 3. The molecule has 2 heterocycles. The van der Waals surface area contributed by atoms with Gasteiger partial charge in [0.25, 0.3) is 0 Å². The standard InChI is InChI=1S/C5H4N3/c1-4-2-7-8-5(4)3-6-1/h1-2H,3H2. The molecule has 0 unspecified atom stereocenters. The Kier molecular flexibility index (Phi) is 0.566. The van der Waals surface area contributed by atoms with Crippen LogP contribution in [0.2, 0.25) is 0 Å². The third kappa shape index (κ3) is 0.332. The van der Waals surface area contributed by atoms with Crippen molar-refractivity contribution in [3.8, 4) is 0 Å². The van der Waals surface area contributed by atoms with Crippen LogP contribution in [-0.4, -0.2) is 19.0 Å². The first-order valence-electron chi connectivity index (χ1n) is 2.44. The molecule has 8 heavy (non-hydrogen) atoms. The van der Waals surface area contributed by atoms with Gasteiger partial charge in [0.2, 0.25) is 0 Å². The maximum Gasteiger partial charge on any atom is 0.0948 e. The van der Waals surface area contributed by atoms with Gasteiger partial charge in [-0.3, -0.25) is 4.99 Å². The van der Waals surface area contributed by atoms with E-state index in [-0.39, 0.29) is 0 Å². The molecule has 0 aromatic rings. The summed E-state index contributed by atoms with van der Waals surface area (Å²) in [4.78, 5) is 3.98. The average Bonchev–Trinajstić information content (AvgIpc) is 2.15. The Bertz CT molecular complexity index is 180. The summed E-state index contributed by atoms with van der Waals surface area (Å²) in [6.45, 7) is 0.718. The third-order valence-corrected chi connectivity index (χ3v) is 1.18. The van der Waals surface area contributed by atoms with Crippen molar-refractivity contribution in [3.05, 3.63) is 11.3 Å². The Morgan fingerprint density at radius 2 is 2.38 bits per heavy atom. The maximum absolute atomic E-state index is 3.98. The fourth-order valence-electron chi connectivity index (χ4n) is 0.754. The SMILES string of the molecule is C1=NCC2=C1C=N[N]2. The number of allylic oxidation sites excluding steroid dienone is 1. The van der Waals surface area contributed by atoms with E-state index in [9.17, 15) is 0 Å². The van der Waals surface area contributed by atoms with Gasteiger partial charge in [0.1, 0.15) is 0 Å². The van der Waals surface area contributed by atoms with Gasteiger partial charge in [-0.25, -0.2) is 0 Å². The van der Waals surface area contributed by atoms with E-state index in [1.54, 1.807) is 12.4 Å². The summed E-state index contributed by atoms with van der Waals surface area (Å²) in [7, 11) is 0. The highest BCUT2D eigenvalue weighted by molar-refractivity contribution is 6.07. The molecule has 0 saturated heterocycles. The Morgan fingerprint density at radius 1 is 1.38 bits per heavy atom. The van der Waals surface area contributed by atoms with Crippen LogP contribution in [0, 0.1) is 0 Å². The molecule has 0 fully saturated rings. The van der Waals surface area contributed by atoms with Crippen LogP contribution in [0.5, 0.6) is 0 Å². The molecule has 2 aliphatic rings. The Morgan fingerprint density at radius 3 is 3.25 bits per heavy atom. The lowest BCUT2D eigenvalue weighted by Crippen LogP contribution is -1.92. The van der Waals surface area contributed by atoms with Gasteiger partial charge in [-0.05, 0) is 0 Å². The number of rotatable bonds is 0. The minimum absolute atomic E-state index is 0.718. The third-order valence-electron chi connectivity index (χ3n) is 1.18. The van der Waals surface area contributed by atoms with Crippen LogP contribution in [0.25, 0.3) is 0 Å². The maximum atomic E-state index is 3.98. The van der Waals surface area contributed by atoms with E-state index in [1.165, 1.54) is 0 Å². The van der Waals surface area contributed by atoms with Crippen molar-refractivity contribution < 1.29 is 0 Å². The van der Waals surface area contributed by atoms with Gasteiger partial charge in [0.05, 0.1) is 18.5 Å². The topological polar surface area (TPSA) is 38.8 Å². The summed E-state index contributed by atoms with van der Waals surface area (Å²) in [6.07, 6.45) is 3.53. The van der Waals surface area contributed by atoms with E-state index in [0.29, 0.717) is 0 Å². The first-order valence-corrected chi connectivity index (χ1v) is 2.44. The number of hydrogen-bond acceptors (Lipinski definition) is 2. The zero-order chi connectivity index (χ0) is 5.40. The molecule has 0 aliphatic carbocycles. The molecular weight excluding hydrogens is 102 g/mol. The molecule has 0 N–H and O–H groups in total. The highest BCUT2D eigenvalue weighted by Crippen LogP contribution is 2.10. The molecule has 3 nitrogen and oxygen atoms in total. The molecule has 0 bridgehead atoms. The van der Waals surface area contributed by atoms with Gasteiger partial charge in [0, 0.05) is 11.8 Å². The van der Waals surface area contributed by atoms with Gasteiger partial charge in [0.15, 0.2) is 0 Å². The van der Waals surface area contributed by atoms with Gasteiger partial charge < -0.3 is 0 Å². The highest BCUT2D eigenvalue weighted by atomic mass is 15.3. The van der Waals surface area contributed by atoms with Crippen molar-refractivity contribution in [3.63, 3.8) is 0 Å². The van der Waals surface area contributed by atoms with E-state index in [4.69, 9.17) is 0 Å². The second-order valence-corrected chi connectivity index (χ2v) is 1.72. The van der Waals surface area contributed by atoms with E-state index in [2.05, 4.69) is 15.5 Å². The van der Waals surface area contributed by atoms with Crippen LogP contribution < -0.4 is 5.43 Å². The molecule has 0 amide bonds. The first-order chi connectivity index (χ1) is 3.97. The van der Waals surface area contributed by atoms with Crippen LogP contribution in [0.15, 0.2) is 21.4 Å². The number of hydrogen-bond donors (Lipinski definition) is 0. The normalized spacial score (nSPS) is 22.0. The lowest BCUT2D eigenvalue weighted by Gasteiger charge is -1.85. The van der Waals surface area contributed by atoms with E-state index >= 15 is 0 Å². The molecule has 0 atom stereocenters. The van der Waals surface area contributed by atoms with Crippen molar-refractivity contribution in [1.29, 1.82) is 0 Å². The van der Waals surface area contributed by atoms with E-state index in [0.717, 1.165) is 17.8 Å². The zero-order valence-electron chi connectivity index (χ0n) is 4.20. The molecule has 2 aliphatic heterocycles. The molecule has 39 valence electrons. The van der Waals surface area contributed by atoms with Crippen molar-refractivity contribution in [1.82, 2.24) is 5.43 Å². The smallest absolute Gasteiger partial charge is 0.0948 e. The average molecular weight is 106 g/mol. The monoisotopic (exact) mass is 106 g/mol. The molecule has 1 radical (unpaired) electrons. The fraction of sp³-hybridized carbons (Fsp3) is 0.200. The van der Waals surface area contributed by atoms with Crippen LogP contribution in [0.1, 0.15) is 0 Å². The molecule has 0 saturated carbocycles. The lowest BCUT2D eigenvalue weighted by molar-refractivity contribution is 0.865. The van der Waals surface area contributed by atoms with Crippen molar-refractivity contribution >= 4 is 12.4 Å². The van der Waals surface area contributed by atoms with Crippen molar-refractivity contribution in [2.75, 3.05) is 6.54 Å². The van der Waals surface area contributed by atoms with Crippen molar-refractivity contribution in [2.45, 2.75) is 0 Å². The quantitative estimate of drug-likeness (QED) is 0.414. The molecule has 2 rings (SSSR count). The summed E-state index contributed by atoms with van der Waals surface area (Å²) in [5.74, 6) is 0. The summed E-state index contributed by atoms with van der Waals surface area (Å²) in [5, 5.41) is 3.70. The minimum atomic E-state index is 0.718. The van der Waals surface area contributed by atoms with E-state index < -0.39 is 0 Å². The minimum Gasteiger partial charge on any atom is -0.286 e. The lowest BCUT2D eigenvalue weighted by atomic mass is 10.3. The molecule has 0 spiro atoms. The Hall–Kier alpha value is -1.12. The Labute approximate surface area is 46.8 Å². The zero-order valence-corrected chi connectivity index (χ0v) is 4.20. The largest absolute Gasteiger partial charge is 0.286 e. The predicted molar refractivity (Wildman–Crippen MR) is 31.0 cm³/mol. The van der Waals surface area contributed by atoms with Crippen LogP contribution in [0.4, 0.5) is 0 Å². The van der Waals surface area contributed by atoms with Crippen LogP contribution >= 0.6 is 0 Å². The highest BCUT2D eigenvalue weighted by Gasteiger charge is 2.13. The molecule has 0 aromatic carbocycles. The van der Waals surface area contributed by atoms with Gasteiger partial charge in [-0.15, -0.1) is 0 Å². The van der Waals surface area contributed by atoms with Gasteiger partial charge in [-0.1, -0.05) is 0 Å². The summed E-state index contributed by atoms with van der Waals surface area (Å²) in [6, 6.07) is 0. The van der Waals surface area contributed by atoms with Gasteiger partial charge in [-0.2, -0.15) is 10.5 Å². The molecule has 3 heteroatoms. The predicted octanol–water partition coefficient (Wildman–Crippen LogP) is -0.0713. The summed E-state index contributed by atoms with van der Waals surface area (Å²) < 4.78 is 0. The summed E-state index contributed by atoms with van der Waals surface area (Å²) in [5.41, 5.74) is 5.90. The molecular formula is C5H4N3. The van der Waals surface area contributed by atoms with Crippen LogP contribution in [0.3, 0.4) is 0 Å². The Balaban J connectivity index is 2.43. The molecule has 0 aromatic heterocycles.